The average Bonchev–Trinajstić information content (AvgIpc) is 3.30. The number of aliphatic hydroxyl groups is 1. The summed E-state index contributed by atoms with van der Waals surface area (Å²) in [5, 5.41) is 19.0. The lowest BCUT2D eigenvalue weighted by atomic mass is 9.97. The molecule has 2 atom stereocenters. The summed E-state index contributed by atoms with van der Waals surface area (Å²) in [4.78, 5) is 12.8. The van der Waals surface area contributed by atoms with Crippen molar-refractivity contribution >= 4 is 17.2 Å². The van der Waals surface area contributed by atoms with Crippen LogP contribution in [0.5, 0.6) is 0 Å². The number of hydrogen-bond acceptors (Lipinski definition) is 4. The molecule has 1 heterocycles. The van der Waals surface area contributed by atoms with E-state index in [-0.39, 0.29) is 29.8 Å². The van der Waals surface area contributed by atoms with Crippen molar-refractivity contribution in [2.45, 2.75) is 64.6 Å². The van der Waals surface area contributed by atoms with Gasteiger partial charge in [-0.05, 0) is 63.8 Å². The summed E-state index contributed by atoms with van der Waals surface area (Å²) >= 11 is 1.65. The van der Waals surface area contributed by atoms with Gasteiger partial charge in [0.05, 0.1) is 17.7 Å². The Morgan fingerprint density at radius 3 is 2.44 bits per heavy atom. The number of hydrogen-bond donors (Lipinski definition) is 3. The number of aliphatic hydroxyl groups excluding tert-OH is 1. The van der Waals surface area contributed by atoms with Crippen molar-refractivity contribution in [3.8, 4) is 11.8 Å². The Hall–Kier alpha value is -2.27. The third kappa shape index (κ3) is 6.86. The first-order valence-electron chi connectivity index (χ1n) is 10.7. The Bertz CT molecular complexity index is 1010. The van der Waals surface area contributed by atoms with Gasteiger partial charge in [-0.15, -0.1) is 11.3 Å². The molecule has 0 bridgehead atoms. The molecule has 3 rings (SSSR count). The third-order valence-electron chi connectivity index (χ3n) is 5.28. The second-order valence-corrected chi connectivity index (χ2v) is 10.4. The van der Waals surface area contributed by atoms with Crippen LogP contribution >= 0.6 is 11.3 Å². The number of rotatable bonds is 8. The highest BCUT2D eigenvalue weighted by Gasteiger charge is 2.45. The van der Waals surface area contributed by atoms with Crippen molar-refractivity contribution in [1.29, 1.82) is 0 Å². The maximum atomic E-state index is 13.6. The van der Waals surface area contributed by atoms with Gasteiger partial charge < -0.3 is 15.7 Å². The molecule has 1 saturated carbocycles. The third-order valence-corrected chi connectivity index (χ3v) is 6.42. The number of carbonyl (C=O) groups is 1. The van der Waals surface area contributed by atoms with Gasteiger partial charge in [-0.2, -0.15) is 0 Å². The number of thiophene rings is 1. The number of nitrogens with one attached hydrogen (secondary N) is 2. The van der Waals surface area contributed by atoms with E-state index < -0.39 is 23.8 Å². The van der Waals surface area contributed by atoms with E-state index in [4.69, 9.17) is 0 Å². The molecule has 0 aliphatic heterocycles. The lowest BCUT2D eigenvalue weighted by molar-refractivity contribution is -0.120. The van der Waals surface area contributed by atoms with E-state index in [0.29, 0.717) is 5.56 Å². The predicted molar refractivity (Wildman–Crippen MR) is 123 cm³/mol. The Balaban J connectivity index is 1.66. The van der Waals surface area contributed by atoms with Crippen molar-refractivity contribution in [3.63, 3.8) is 0 Å². The Morgan fingerprint density at radius 1 is 1.22 bits per heavy atom. The quantitative estimate of drug-likeness (QED) is 0.520. The minimum Gasteiger partial charge on any atom is -0.390 e. The summed E-state index contributed by atoms with van der Waals surface area (Å²) < 4.78 is 27.1. The second-order valence-electron chi connectivity index (χ2n) is 9.52. The van der Waals surface area contributed by atoms with Gasteiger partial charge in [-0.25, -0.2) is 8.78 Å². The van der Waals surface area contributed by atoms with Crippen molar-refractivity contribution in [1.82, 2.24) is 10.6 Å². The summed E-state index contributed by atoms with van der Waals surface area (Å²) in [5.41, 5.74) is 1.10. The van der Waals surface area contributed by atoms with Crippen molar-refractivity contribution in [3.05, 3.63) is 57.3 Å². The lowest BCUT2D eigenvalue weighted by Crippen LogP contribution is -2.49. The first-order chi connectivity index (χ1) is 15.0. The number of amides is 1. The van der Waals surface area contributed by atoms with Crippen LogP contribution in [0.4, 0.5) is 8.78 Å². The topological polar surface area (TPSA) is 61.4 Å². The van der Waals surface area contributed by atoms with Gasteiger partial charge in [0.2, 0.25) is 5.91 Å². The van der Waals surface area contributed by atoms with E-state index in [1.807, 2.05) is 5.38 Å². The molecule has 7 heteroatoms. The van der Waals surface area contributed by atoms with Crippen LogP contribution in [0.2, 0.25) is 0 Å². The minimum absolute atomic E-state index is 0.0644. The highest BCUT2D eigenvalue weighted by molar-refractivity contribution is 7.10. The lowest BCUT2D eigenvalue weighted by Gasteiger charge is -2.26. The molecule has 172 valence electrons. The molecule has 0 saturated heterocycles. The van der Waals surface area contributed by atoms with E-state index in [1.165, 1.54) is 23.9 Å². The van der Waals surface area contributed by atoms with Gasteiger partial charge in [-0.3, -0.25) is 4.79 Å². The molecular weight excluding hydrogens is 430 g/mol. The zero-order chi connectivity index (χ0) is 23.5. The highest BCUT2D eigenvalue weighted by Crippen LogP contribution is 2.47. The fraction of sp³-hybridized carbons (Fsp3) is 0.480. The van der Waals surface area contributed by atoms with E-state index in [9.17, 15) is 18.7 Å². The van der Waals surface area contributed by atoms with Gasteiger partial charge in [0.1, 0.15) is 11.6 Å². The number of halogens is 2. The van der Waals surface area contributed by atoms with Gasteiger partial charge in [0.15, 0.2) is 0 Å². The number of carbonyl (C=O) groups excluding carboxylic acids is 1. The first kappa shape index (κ1) is 24.4. The van der Waals surface area contributed by atoms with Crippen LogP contribution in [-0.4, -0.2) is 29.7 Å². The molecule has 2 aromatic rings. The molecule has 1 aliphatic rings. The SMILES string of the molecule is CC(=O)NC(Cc1cc(F)cc(F)c1)C(O)CNC1(c2cc(C#CC(C)(C)C)cs2)CC1. The predicted octanol–water partition coefficient (Wildman–Crippen LogP) is 4.11. The van der Waals surface area contributed by atoms with E-state index in [2.05, 4.69) is 49.3 Å². The highest BCUT2D eigenvalue weighted by atomic mass is 32.1. The Kier molecular flexibility index (Phi) is 7.39. The van der Waals surface area contributed by atoms with Crippen LogP contribution in [0.1, 0.15) is 56.5 Å². The molecule has 2 unspecified atom stereocenters. The van der Waals surface area contributed by atoms with Crippen LogP contribution in [0.3, 0.4) is 0 Å². The summed E-state index contributed by atoms with van der Waals surface area (Å²) in [6.07, 6.45) is 1.09. The normalized spacial score (nSPS) is 16.6. The van der Waals surface area contributed by atoms with Crippen LogP contribution in [0.25, 0.3) is 0 Å². The van der Waals surface area contributed by atoms with Crippen LogP contribution in [-0.2, 0) is 16.8 Å². The first-order valence-corrected chi connectivity index (χ1v) is 11.6. The van der Waals surface area contributed by atoms with Crippen LogP contribution in [0, 0.1) is 28.9 Å². The molecule has 1 fully saturated rings. The summed E-state index contributed by atoms with van der Waals surface area (Å²) in [5.74, 6) is 4.78. The van der Waals surface area contributed by atoms with E-state index >= 15 is 0 Å². The Morgan fingerprint density at radius 2 is 1.88 bits per heavy atom. The van der Waals surface area contributed by atoms with Gasteiger partial charge in [0.25, 0.3) is 0 Å². The van der Waals surface area contributed by atoms with E-state index in [1.54, 1.807) is 11.3 Å². The zero-order valence-electron chi connectivity index (χ0n) is 18.9. The summed E-state index contributed by atoms with van der Waals surface area (Å²) in [6.45, 7) is 7.81. The molecule has 3 N–H and O–H groups in total. The molecule has 32 heavy (non-hydrogen) atoms. The van der Waals surface area contributed by atoms with Gasteiger partial charge >= 0.3 is 0 Å². The van der Waals surface area contributed by atoms with Crippen molar-refractivity contribution < 1.29 is 18.7 Å². The molecular formula is C25H30F2N2O2S. The molecule has 0 radical (unpaired) electrons. The molecule has 4 nitrogen and oxygen atoms in total. The Labute approximate surface area is 192 Å². The molecule has 0 spiro atoms. The molecule has 1 amide bonds. The molecule has 1 aromatic heterocycles. The fourth-order valence-electron chi connectivity index (χ4n) is 3.52. The summed E-state index contributed by atoms with van der Waals surface area (Å²) in [6, 6.07) is 4.65. The summed E-state index contributed by atoms with van der Waals surface area (Å²) in [7, 11) is 0. The molecule has 1 aromatic carbocycles. The zero-order valence-corrected chi connectivity index (χ0v) is 19.7. The maximum absolute atomic E-state index is 13.6. The standard InChI is InChI=1S/C25H30F2N2O2S/c1-16(30)29-21(11-18-9-19(26)13-20(27)10-18)22(31)14-28-25(7-8-25)23-12-17(15-32-23)5-6-24(2,3)4/h9-10,12-13,15,21-22,28,31H,7-8,11,14H2,1-4H3,(H,29,30). The van der Waals surface area contributed by atoms with Gasteiger partial charge in [-0.1, -0.05) is 11.8 Å². The average molecular weight is 461 g/mol. The monoisotopic (exact) mass is 460 g/mol. The molecule has 1 aliphatic carbocycles. The van der Waals surface area contributed by atoms with Crippen molar-refractivity contribution in [2.24, 2.45) is 5.41 Å². The maximum Gasteiger partial charge on any atom is 0.217 e. The van der Waals surface area contributed by atoms with Crippen LogP contribution in [0.15, 0.2) is 29.6 Å². The van der Waals surface area contributed by atoms with Crippen LogP contribution < -0.4 is 10.6 Å². The second kappa shape index (κ2) is 9.70. The number of benzene rings is 1. The fourth-order valence-corrected chi connectivity index (χ4v) is 4.59. The minimum atomic E-state index is -0.928. The largest absolute Gasteiger partial charge is 0.390 e. The van der Waals surface area contributed by atoms with E-state index in [0.717, 1.165) is 24.5 Å². The van der Waals surface area contributed by atoms with Crippen molar-refractivity contribution in [2.75, 3.05) is 6.54 Å². The smallest absolute Gasteiger partial charge is 0.217 e. The van der Waals surface area contributed by atoms with Gasteiger partial charge in [0, 0.05) is 40.8 Å².